The number of carbonyl (C=O) groups excluding carboxylic acids is 2. The Hall–Kier alpha value is -2.96. The van der Waals surface area contributed by atoms with E-state index in [1.807, 2.05) is 17.0 Å². The lowest BCUT2D eigenvalue weighted by molar-refractivity contribution is -0.148. The number of pyridine rings is 1. The van der Waals surface area contributed by atoms with Crippen molar-refractivity contribution in [3.8, 4) is 0 Å². The van der Waals surface area contributed by atoms with Crippen LogP contribution in [0.3, 0.4) is 0 Å². The van der Waals surface area contributed by atoms with Gasteiger partial charge in [0.15, 0.2) is 0 Å². The van der Waals surface area contributed by atoms with Crippen molar-refractivity contribution in [2.45, 2.75) is 20.4 Å². The van der Waals surface area contributed by atoms with E-state index in [1.165, 1.54) is 6.07 Å². The molecule has 28 heavy (non-hydrogen) atoms. The first-order chi connectivity index (χ1) is 13.4. The first-order valence-electron chi connectivity index (χ1n) is 9.35. The van der Waals surface area contributed by atoms with Crippen molar-refractivity contribution in [1.82, 2.24) is 15.2 Å². The largest absolute Gasteiger partial charge is 0.366 e. The number of aromatic nitrogens is 1. The van der Waals surface area contributed by atoms with Gasteiger partial charge in [0.1, 0.15) is 11.2 Å². The van der Waals surface area contributed by atoms with Gasteiger partial charge in [-0.25, -0.2) is 4.39 Å². The van der Waals surface area contributed by atoms with Crippen LogP contribution in [0.2, 0.25) is 0 Å². The molecule has 0 unspecified atom stereocenters. The van der Waals surface area contributed by atoms with Crippen LogP contribution in [0.1, 0.15) is 19.4 Å². The topological polar surface area (TPSA) is 65.5 Å². The molecule has 6 nitrogen and oxygen atoms in total. The van der Waals surface area contributed by atoms with Crippen molar-refractivity contribution in [2.24, 2.45) is 5.41 Å². The van der Waals surface area contributed by atoms with E-state index >= 15 is 0 Å². The predicted molar refractivity (Wildman–Crippen MR) is 105 cm³/mol. The number of hydrogen-bond donors (Lipinski definition) is 1. The highest BCUT2D eigenvalue weighted by atomic mass is 19.1. The molecule has 1 aliphatic rings. The maximum Gasteiger partial charge on any atom is 0.237 e. The third-order valence-corrected chi connectivity index (χ3v) is 5.06. The number of nitrogens with one attached hydrogen (secondary N) is 1. The summed E-state index contributed by atoms with van der Waals surface area (Å²) in [5.74, 6) is -0.795. The Morgan fingerprint density at radius 1 is 1.07 bits per heavy atom. The molecule has 2 amide bonds. The first-order valence-corrected chi connectivity index (χ1v) is 9.35. The minimum Gasteiger partial charge on any atom is -0.366 e. The molecule has 0 radical (unpaired) electrons. The minimum atomic E-state index is -1.17. The number of nitrogens with zero attached hydrogens (tertiary/aromatic N) is 3. The molecule has 148 valence electrons. The number of rotatable bonds is 5. The summed E-state index contributed by atoms with van der Waals surface area (Å²) in [6.07, 6.45) is 3.32. The van der Waals surface area contributed by atoms with Gasteiger partial charge >= 0.3 is 0 Å². The molecule has 1 fully saturated rings. The summed E-state index contributed by atoms with van der Waals surface area (Å²) in [6, 6.07) is 10.3. The minimum absolute atomic E-state index is 0.215. The summed E-state index contributed by atoms with van der Waals surface area (Å²) in [5, 5.41) is 2.83. The Bertz CT molecular complexity index is 833. The van der Waals surface area contributed by atoms with Crippen LogP contribution in [0.25, 0.3) is 0 Å². The maximum absolute atomic E-state index is 14.0. The molecule has 2 heterocycles. The molecular formula is C21H25FN4O2. The van der Waals surface area contributed by atoms with E-state index in [0.29, 0.717) is 38.4 Å². The van der Waals surface area contributed by atoms with Gasteiger partial charge in [0, 0.05) is 45.1 Å². The summed E-state index contributed by atoms with van der Waals surface area (Å²) >= 11 is 0. The van der Waals surface area contributed by atoms with Crippen molar-refractivity contribution in [3.05, 3.63) is 60.2 Å². The highest BCUT2D eigenvalue weighted by Gasteiger charge is 2.40. The number of benzene rings is 1. The predicted octanol–water partition coefficient (Wildman–Crippen LogP) is 2.21. The van der Waals surface area contributed by atoms with Crippen LogP contribution in [-0.2, 0) is 16.1 Å². The van der Waals surface area contributed by atoms with Crippen molar-refractivity contribution < 1.29 is 14.0 Å². The molecule has 0 bridgehead atoms. The lowest BCUT2D eigenvalue weighted by atomic mass is 9.90. The fourth-order valence-electron chi connectivity index (χ4n) is 3.25. The van der Waals surface area contributed by atoms with Gasteiger partial charge in [0.2, 0.25) is 11.8 Å². The van der Waals surface area contributed by atoms with Crippen LogP contribution in [0, 0.1) is 11.2 Å². The number of amides is 2. The quantitative estimate of drug-likeness (QED) is 0.803. The molecule has 0 spiro atoms. The van der Waals surface area contributed by atoms with Crippen molar-refractivity contribution in [3.63, 3.8) is 0 Å². The van der Waals surface area contributed by atoms with Crippen molar-refractivity contribution >= 4 is 17.5 Å². The molecule has 0 aliphatic carbocycles. The number of halogens is 1. The van der Waals surface area contributed by atoms with Gasteiger partial charge in [-0.05, 0) is 43.7 Å². The summed E-state index contributed by atoms with van der Waals surface area (Å²) in [6.45, 7) is 5.59. The standard InChI is InChI=1S/C21H25FN4O2/c1-21(2,19(27)24-15-16-7-9-23-10-8-16)20(28)26-13-11-25(12-14-26)18-6-4-3-5-17(18)22/h3-10H,11-15H2,1-2H3,(H,24,27). The number of hydrogen-bond acceptors (Lipinski definition) is 4. The van der Waals surface area contributed by atoms with Gasteiger partial charge in [-0.1, -0.05) is 12.1 Å². The molecule has 1 aromatic carbocycles. The van der Waals surface area contributed by atoms with Crippen molar-refractivity contribution in [1.29, 1.82) is 0 Å². The van der Waals surface area contributed by atoms with Crippen LogP contribution < -0.4 is 10.2 Å². The number of carbonyl (C=O) groups is 2. The Morgan fingerprint density at radius 3 is 2.36 bits per heavy atom. The third kappa shape index (κ3) is 4.30. The van der Waals surface area contributed by atoms with Gasteiger partial charge in [-0.3, -0.25) is 14.6 Å². The molecule has 1 saturated heterocycles. The Labute approximate surface area is 164 Å². The lowest BCUT2D eigenvalue weighted by Crippen LogP contribution is -2.55. The molecule has 1 aliphatic heterocycles. The molecule has 1 N–H and O–H groups in total. The van der Waals surface area contributed by atoms with Crippen LogP contribution in [0.4, 0.5) is 10.1 Å². The van der Waals surface area contributed by atoms with E-state index < -0.39 is 5.41 Å². The fourth-order valence-corrected chi connectivity index (χ4v) is 3.25. The molecule has 1 aromatic heterocycles. The van der Waals surface area contributed by atoms with Crippen LogP contribution >= 0.6 is 0 Å². The average molecular weight is 384 g/mol. The molecule has 2 aromatic rings. The molecular weight excluding hydrogens is 359 g/mol. The second-order valence-corrected chi connectivity index (χ2v) is 7.39. The van der Waals surface area contributed by atoms with Gasteiger partial charge in [0.05, 0.1) is 5.69 Å². The number of anilines is 1. The Kier molecular flexibility index (Phi) is 5.92. The zero-order valence-electron chi connectivity index (χ0n) is 16.2. The zero-order chi connectivity index (χ0) is 20.1. The number of para-hydroxylation sites is 1. The normalized spacial score (nSPS) is 14.7. The van der Waals surface area contributed by atoms with E-state index in [-0.39, 0.29) is 17.6 Å². The van der Waals surface area contributed by atoms with Crippen LogP contribution in [0.15, 0.2) is 48.8 Å². The van der Waals surface area contributed by atoms with Crippen LogP contribution in [0.5, 0.6) is 0 Å². The van der Waals surface area contributed by atoms with Gasteiger partial charge < -0.3 is 15.1 Å². The van der Waals surface area contributed by atoms with Gasteiger partial charge in [-0.2, -0.15) is 0 Å². The van der Waals surface area contributed by atoms with Crippen LogP contribution in [-0.4, -0.2) is 47.9 Å². The van der Waals surface area contributed by atoms with Gasteiger partial charge in [0.25, 0.3) is 0 Å². The van der Waals surface area contributed by atoms with Gasteiger partial charge in [-0.15, -0.1) is 0 Å². The second kappa shape index (κ2) is 8.37. The van der Waals surface area contributed by atoms with E-state index in [2.05, 4.69) is 10.3 Å². The average Bonchev–Trinajstić information content (AvgIpc) is 2.72. The zero-order valence-corrected chi connectivity index (χ0v) is 16.2. The highest BCUT2D eigenvalue weighted by molar-refractivity contribution is 6.04. The van der Waals surface area contributed by atoms with E-state index in [0.717, 1.165) is 5.56 Å². The summed E-state index contributed by atoms with van der Waals surface area (Å²) < 4.78 is 14.0. The molecule has 7 heteroatoms. The molecule has 0 saturated carbocycles. The fraction of sp³-hybridized carbons (Fsp3) is 0.381. The summed E-state index contributed by atoms with van der Waals surface area (Å²) in [4.78, 5) is 33.1. The monoisotopic (exact) mass is 384 g/mol. The van der Waals surface area contributed by atoms with E-state index in [4.69, 9.17) is 0 Å². The smallest absolute Gasteiger partial charge is 0.237 e. The van der Waals surface area contributed by atoms with E-state index in [1.54, 1.807) is 49.3 Å². The summed E-state index contributed by atoms with van der Waals surface area (Å²) in [5.41, 5.74) is 0.293. The summed E-state index contributed by atoms with van der Waals surface area (Å²) in [7, 11) is 0. The molecule has 0 atom stereocenters. The second-order valence-electron chi connectivity index (χ2n) is 7.39. The maximum atomic E-state index is 14.0. The number of piperazine rings is 1. The molecule has 3 rings (SSSR count). The lowest BCUT2D eigenvalue weighted by Gasteiger charge is -2.39. The first kappa shape index (κ1) is 19.8. The van der Waals surface area contributed by atoms with Crippen molar-refractivity contribution in [2.75, 3.05) is 31.1 Å². The SMILES string of the molecule is CC(C)(C(=O)NCc1ccncc1)C(=O)N1CCN(c2ccccc2F)CC1. The highest BCUT2D eigenvalue weighted by Crippen LogP contribution is 2.24. The van der Waals surface area contributed by atoms with E-state index in [9.17, 15) is 14.0 Å². The Balaban J connectivity index is 1.57. The Morgan fingerprint density at radius 2 is 1.71 bits per heavy atom. The third-order valence-electron chi connectivity index (χ3n) is 5.06.